The quantitative estimate of drug-likeness (QED) is 0.792. The highest BCUT2D eigenvalue weighted by Crippen LogP contribution is 2.15. The lowest BCUT2D eigenvalue weighted by molar-refractivity contribution is 0.304. The minimum atomic E-state index is 0.190. The molecule has 1 unspecified atom stereocenters. The van der Waals surface area contributed by atoms with Gasteiger partial charge in [-0.25, -0.2) is 0 Å². The van der Waals surface area contributed by atoms with E-state index in [1.807, 2.05) is 42.5 Å². The number of rotatable bonds is 5. The maximum atomic E-state index is 9.19. The molecular weight excluding hydrogens is 226 g/mol. The van der Waals surface area contributed by atoms with Crippen LogP contribution in [0.2, 0.25) is 0 Å². The molecule has 18 heavy (non-hydrogen) atoms. The van der Waals surface area contributed by atoms with Gasteiger partial charge in [-0.05, 0) is 43.3 Å². The number of nitrogens with one attached hydrogen (secondary N) is 1. The zero-order valence-corrected chi connectivity index (χ0v) is 10.3. The van der Waals surface area contributed by atoms with Crippen LogP contribution in [0, 0.1) is 0 Å². The number of para-hydroxylation sites is 1. The van der Waals surface area contributed by atoms with Crippen LogP contribution in [0.15, 0.2) is 54.6 Å². The number of hydrogen-bond acceptors (Lipinski definition) is 3. The molecule has 0 spiro atoms. The highest BCUT2D eigenvalue weighted by molar-refractivity contribution is 5.46. The molecule has 0 radical (unpaired) electrons. The second-order valence-electron chi connectivity index (χ2n) is 4.22. The molecule has 0 saturated heterocycles. The Bertz CT molecular complexity index is 468. The molecular formula is C15H17NO2. The van der Waals surface area contributed by atoms with Crippen molar-refractivity contribution < 1.29 is 9.84 Å². The summed E-state index contributed by atoms with van der Waals surface area (Å²) in [6.07, 6.45) is 0. The van der Waals surface area contributed by atoms with Crippen molar-refractivity contribution in [3.63, 3.8) is 0 Å². The Hall–Kier alpha value is -2.16. The third kappa shape index (κ3) is 3.70. The maximum Gasteiger partial charge on any atom is 0.119 e. The average molecular weight is 243 g/mol. The molecule has 0 fully saturated rings. The van der Waals surface area contributed by atoms with Crippen molar-refractivity contribution in [2.24, 2.45) is 0 Å². The third-order valence-corrected chi connectivity index (χ3v) is 2.52. The fraction of sp³-hybridized carbons (Fsp3) is 0.200. The summed E-state index contributed by atoms with van der Waals surface area (Å²) >= 11 is 0. The van der Waals surface area contributed by atoms with Crippen LogP contribution in [0.3, 0.4) is 0 Å². The molecule has 0 bridgehead atoms. The van der Waals surface area contributed by atoms with Crippen LogP contribution in [0.25, 0.3) is 0 Å². The van der Waals surface area contributed by atoms with Crippen molar-refractivity contribution in [3.8, 4) is 11.5 Å². The molecule has 3 heteroatoms. The Morgan fingerprint density at radius 2 is 1.72 bits per heavy atom. The van der Waals surface area contributed by atoms with Crippen molar-refractivity contribution >= 4 is 5.69 Å². The normalized spacial score (nSPS) is 11.8. The van der Waals surface area contributed by atoms with Gasteiger partial charge >= 0.3 is 0 Å². The SMILES string of the molecule is CC(COc1ccccc1)Nc1ccc(O)cc1. The van der Waals surface area contributed by atoms with E-state index in [1.165, 1.54) is 0 Å². The molecule has 94 valence electrons. The van der Waals surface area contributed by atoms with Gasteiger partial charge in [0.1, 0.15) is 18.1 Å². The Kier molecular flexibility index (Phi) is 4.07. The second-order valence-corrected chi connectivity index (χ2v) is 4.22. The van der Waals surface area contributed by atoms with Crippen molar-refractivity contribution in [2.75, 3.05) is 11.9 Å². The first-order valence-electron chi connectivity index (χ1n) is 5.97. The highest BCUT2D eigenvalue weighted by atomic mass is 16.5. The van der Waals surface area contributed by atoms with Crippen LogP contribution < -0.4 is 10.1 Å². The summed E-state index contributed by atoms with van der Waals surface area (Å²) in [5.74, 6) is 1.14. The minimum Gasteiger partial charge on any atom is -0.508 e. The van der Waals surface area contributed by atoms with Crippen molar-refractivity contribution in [1.29, 1.82) is 0 Å². The molecule has 0 aliphatic carbocycles. The lowest BCUT2D eigenvalue weighted by Crippen LogP contribution is -2.23. The fourth-order valence-electron chi connectivity index (χ4n) is 1.62. The Morgan fingerprint density at radius 3 is 2.39 bits per heavy atom. The van der Waals surface area contributed by atoms with E-state index in [-0.39, 0.29) is 11.8 Å². The first-order valence-corrected chi connectivity index (χ1v) is 5.97. The van der Waals surface area contributed by atoms with E-state index in [0.29, 0.717) is 6.61 Å². The van der Waals surface area contributed by atoms with Crippen LogP contribution in [-0.4, -0.2) is 17.8 Å². The lowest BCUT2D eigenvalue weighted by atomic mass is 10.2. The first kappa shape index (κ1) is 12.3. The lowest BCUT2D eigenvalue weighted by Gasteiger charge is -2.16. The Morgan fingerprint density at radius 1 is 1.06 bits per heavy atom. The molecule has 0 heterocycles. The maximum absolute atomic E-state index is 9.19. The highest BCUT2D eigenvalue weighted by Gasteiger charge is 2.03. The van der Waals surface area contributed by atoms with Crippen LogP contribution in [0.1, 0.15) is 6.92 Å². The molecule has 3 nitrogen and oxygen atoms in total. The van der Waals surface area contributed by atoms with Gasteiger partial charge in [-0.3, -0.25) is 0 Å². The summed E-state index contributed by atoms with van der Waals surface area (Å²) < 4.78 is 5.65. The van der Waals surface area contributed by atoms with E-state index in [1.54, 1.807) is 12.1 Å². The van der Waals surface area contributed by atoms with E-state index in [4.69, 9.17) is 4.74 Å². The van der Waals surface area contributed by atoms with Crippen molar-refractivity contribution in [1.82, 2.24) is 0 Å². The summed E-state index contributed by atoms with van der Waals surface area (Å²) in [4.78, 5) is 0. The molecule has 0 amide bonds. The van der Waals surface area contributed by atoms with Gasteiger partial charge in [-0.15, -0.1) is 0 Å². The number of phenolic OH excluding ortho intramolecular Hbond substituents is 1. The molecule has 0 aliphatic heterocycles. The number of phenols is 1. The molecule has 2 aromatic carbocycles. The number of benzene rings is 2. The Balaban J connectivity index is 1.82. The van der Waals surface area contributed by atoms with Gasteiger partial charge in [-0.2, -0.15) is 0 Å². The van der Waals surface area contributed by atoms with Crippen LogP contribution >= 0.6 is 0 Å². The van der Waals surface area contributed by atoms with Gasteiger partial charge < -0.3 is 15.2 Å². The van der Waals surface area contributed by atoms with Crippen LogP contribution in [0.4, 0.5) is 5.69 Å². The van der Waals surface area contributed by atoms with Crippen LogP contribution in [-0.2, 0) is 0 Å². The predicted molar refractivity (Wildman–Crippen MR) is 73.1 cm³/mol. The average Bonchev–Trinajstić information content (AvgIpc) is 2.40. The largest absolute Gasteiger partial charge is 0.508 e. The summed E-state index contributed by atoms with van der Waals surface area (Å²) in [5, 5.41) is 12.5. The molecule has 2 aromatic rings. The number of hydrogen-bond donors (Lipinski definition) is 2. The molecule has 0 saturated carbocycles. The van der Waals surface area contributed by atoms with Gasteiger partial charge in [0, 0.05) is 5.69 Å². The van der Waals surface area contributed by atoms with E-state index in [0.717, 1.165) is 11.4 Å². The van der Waals surface area contributed by atoms with Gasteiger partial charge in [0.25, 0.3) is 0 Å². The molecule has 0 aliphatic rings. The summed E-state index contributed by atoms with van der Waals surface area (Å²) in [6, 6.07) is 16.9. The molecule has 2 rings (SSSR count). The number of ether oxygens (including phenoxy) is 1. The second kappa shape index (κ2) is 5.96. The van der Waals surface area contributed by atoms with E-state index >= 15 is 0 Å². The topological polar surface area (TPSA) is 41.5 Å². The zero-order chi connectivity index (χ0) is 12.8. The third-order valence-electron chi connectivity index (χ3n) is 2.52. The number of anilines is 1. The van der Waals surface area contributed by atoms with E-state index < -0.39 is 0 Å². The van der Waals surface area contributed by atoms with Gasteiger partial charge in [0.05, 0.1) is 6.04 Å². The Labute approximate surface area is 107 Å². The molecule has 1 atom stereocenters. The minimum absolute atomic E-state index is 0.190. The fourth-order valence-corrected chi connectivity index (χ4v) is 1.62. The molecule has 0 aromatic heterocycles. The van der Waals surface area contributed by atoms with E-state index in [9.17, 15) is 5.11 Å². The zero-order valence-electron chi connectivity index (χ0n) is 10.3. The van der Waals surface area contributed by atoms with E-state index in [2.05, 4.69) is 12.2 Å². The van der Waals surface area contributed by atoms with Gasteiger partial charge in [0.2, 0.25) is 0 Å². The first-order chi connectivity index (χ1) is 8.74. The summed E-state index contributed by atoms with van der Waals surface area (Å²) in [7, 11) is 0. The van der Waals surface area contributed by atoms with Gasteiger partial charge in [0.15, 0.2) is 0 Å². The molecule has 2 N–H and O–H groups in total. The summed E-state index contributed by atoms with van der Waals surface area (Å²) in [5.41, 5.74) is 0.969. The smallest absolute Gasteiger partial charge is 0.119 e. The van der Waals surface area contributed by atoms with Crippen LogP contribution in [0.5, 0.6) is 11.5 Å². The van der Waals surface area contributed by atoms with Gasteiger partial charge in [-0.1, -0.05) is 18.2 Å². The summed E-state index contributed by atoms with van der Waals surface area (Å²) in [6.45, 7) is 2.64. The predicted octanol–water partition coefficient (Wildman–Crippen LogP) is 3.27. The number of aromatic hydroxyl groups is 1. The van der Waals surface area contributed by atoms with Crippen molar-refractivity contribution in [3.05, 3.63) is 54.6 Å². The van der Waals surface area contributed by atoms with Crippen molar-refractivity contribution in [2.45, 2.75) is 13.0 Å². The monoisotopic (exact) mass is 243 g/mol. The standard InChI is InChI=1S/C15H17NO2/c1-12(11-18-15-5-3-2-4-6-15)16-13-7-9-14(17)10-8-13/h2-10,12,16-17H,11H2,1H3.